The Kier molecular flexibility index (Phi) is 6.43. The Morgan fingerprint density at radius 2 is 2.03 bits per heavy atom. The van der Waals surface area contributed by atoms with Crippen LogP contribution in [0.25, 0.3) is 11.3 Å². The highest BCUT2D eigenvalue weighted by Crippen LogP contribution is 2.23. The van der Waals surface area contributed by atoms with Crippen LogP contribution in [0.1, 0.15) is 12.6 Å². The first-order valence-corrected chi connectivity index (χ1v) is 9.76. The fourth-order valence-electron chi connectivity index (χ4n) is 3.18. The van der Waals surface area contributed by atoms with Crippen molar-refractivity contribution < 1.29 is 4.79 Å². The molecule has 0 spiro atoms. The summed E-state index contributed by atoms with van der Waals surface area (Å²) in [5.74, 6) is 0.00670. The van der Waals surface area contributed by atoms with Gasteiger partial charge < -0.3 is 19.7 Å². The summed E-state index contributed by atoms with van der Waals surface area (Å²) in [5, 5.41) is 0. The number of aromatic amines is 1. The number of nitrogens with one attached hydrogen (secondary N) is 1. The lowest BCUT2D eigenvalue weighted by molar-refractivity contribution is -0.130. The number of likely N-dealkylation sites (tertiary alicyclic amines) is 1. The minimum absolute atomic E-state index is 0.00670. The highest BCUT2D eigenvalue weighted by molar-refractivity contribution is 5.88. The third kappa shape index (κ3) is 4.89. The fraction of sp³-hybridized carbons (Fsp3) is 0.429. The van der Waals surface area contributed by atoms with E-state index in [1.807, 2.05) is 56.1 Å². The van der Waals surface area contributed by atoms with Gasteiger partial charge in [0.05, 0.1) is 11.7 Å². The van der Waals surface area contributed by atoms with Crippen LogP contribution in [0.3, 0.4) is 0 Å². The van der Waals surface area contributed by atoms with Gasteiger partial charge in [-0.3, -0.25) is 9.59 Å². The largest absolute Gasteiger partial charge is 0.364 e. The monoisotopic (exact) mass is 396 g/mol. The SMILES string of the molecule is CCc1cc(-c2c[nH]c(=O)c(N(C)C3CN(C(=O)/C=C/CN(C)C)C3)c2)ncn1. The topological polar surface area (TPSA) is 85.4 Å². The Balaban J connectivity index is 1.69. The molecule has 3 heterocycles. The van der Waals surface area contributed by atoms with Gasteiger partial charge in [0.2, 0.25) is 5.91 Å². The summed E-state index contributed by atoms with van der Waals surface area (Å²) >= 11 is 0. The molecular formula is C21H28N6O2. The summed E-state index contributed by atoms with van der Waals surface area (Å²) < 4.78 is 0. The number of aromatic nitrogens is 3. The van der Waals surface area contributed by atoms with Gasteiger partial charge in [0.1, 0.15) is 12.0 Å². The minimum atomic E-state index is -0.156. The van der Waals surface area contributed by atoms with Gasteiger partial charge >= 0.3 is 0 Å². The molecule has 0 bridgehead atoms. The van der Waals surface area contributed by atoms with Gasteiger partial charge in [-0.1, -0.05) is 13.0 Å². The summed E-state index contributed by atoms with van der Waals surface area (Å²) in [6, 6.07) is 3.89. The average Bonchev–Trinajstić information content (AvgIpc) is 2.66. The van der Waals surface area contributed by atoms with E-state index in [2.05, 4.69) is 15.0 Å². The first-order valence-electron chi connectivity index (χ1n) is 9.76. The second kappa shape index (κ2) is 9.00. The summed E-state index contributed by atoms with van der Waals surface area (Å²) in [4.78, 5) is 41.7. The normalized spacial score (nSPS) is 14.4. The quantitative estimate of drug-likeness (QED) is 0.707. The molecule has 1 amide bonds. The highest BCUT2D eigenvalue weighted by Gasteiger charge is 2.33. The Labute approximate surface area is 170 Å². The van der Waals surface area contributed by atoms with Crippen LogP contribution in [0.5, 0.6) is 0 Å². The number of likely N-dealkylation sites (N-methyl/N-ethyl adjacent to an activating group) is 2. The fourth-order valence-corrected chi connectivity index (χ4v) is 3.18. The van der Waals surface area contributed by atoms with Crippen LogP contribution >= 0.6 is 0 Å². The van der Waals surface area contributed by atoms with Crippen LogP contribution in [-0.4, -0.2) is 77.5 Å². The van der Waals surface area contributed by atoms with Gasteiger partial charge in [-0.2, -0.15) is 0 Å². The van der Waals surface area contributed by atoms with Crippen LogP contribution in [0.4, 0.5) is 5.69 Å². The van der Waals surface area contributed by atoms with E-state index >= 15 is 0 Å². The van der Waals surface area contributed by atoms with Crippen LogP contribution in [0.15, 0.2) is 41.6 Å². The Morgan fingerprint density at radius 3 is 2.72 bits per heavy atom. The molecular weight excluding hydrogens is 368 g/mol. The van der Waals surface area contributed by atoms with Gasteiger partial charge in [0, 0.05) is 50.2 Å². The molecule has 1 N–H and O–H groups in total. The zero-order chi connectivity index (χ0) is 21.0. The molecule has 29 heavy (non-hydrogen) atoms. The van der Waals surface area contributed by atoms with E-state index in [1.165, 1.54) is 0 Å². The predicted molar refractivity (Wildman–Crippen MR) is 114 cm³/mol. The van der Waals surface area contributed by atoms with E-state index in [-0.39, 0.29) is 17.5 Å². The third-order valence-electron chi connectivity index (χ3n) is 5.10. The number of anilines is 1. The Hall–Kier alpha value is -3.00. The molecule has 0 unspecified atom stereocenters. The first kappa shape index (κ1) is 20.7. The molecule has 3 rings (SSSR count). The molecule has 154 valence electrons. The summed E-state index contributed by atoms with van der Waals surface area (Å²) in [5.41, 5.74) is 2.98. The smallest absolute Gasteiger partial charge is 0.271 e. The lowest BCUT2D eigenvalue weighted by Gasteiger charge is -2.44. The number of amides is 1. The van der Waals surface area contributed by atoms with Gasteiger partial charge in [-0.05, 0) is 32.6 Å². The molecule has 1 fully saturated rings. The molecule has 2 aromatic heterocycles. The maximum Gasteiger partial charge on any atom is 0.271 e. The third-order valence-corrected chi connectivity index (χ3v) is 5.10. The van der Waals surface area contributed by atoms with Crippen LogP contribution in [0, 0.1) is 0 Å². The molecule has 0 radical (unpaired) electrons. The first-order chi connectivity index (χ1) is 13.9. The summed E-state index contributed by atoms with van der Waals surface area (Å²) in [7, 11) is 5.80. The van der Waals surface area contributed by atoms with Crippen molar-refractivity contribution in [3.8, 4) is 11.3 Å². The highest BCUT2D eigenvalue weighted by atomic mass is 16.2. The molecule has 8 heteroatoms. The zero-order valence-corrected chi connectivity index (χ0v) is 17.4. The number of aryl methyl sites for hydroxylation is 1. The molecule has 1 aliphatic heterocycles. The van der Waals surface area contributed by atoms with Crippen molar-refractivity contribution in [3.05, 3.63) is 52.9 Å². The Morgan fingerprint density at radius 1 is 1.28 bits per heavy atom. The second-order valence-corrected chi connectivity index (χ2v) is 7.52. The van der Waals surface area contributed by atoms with Gasteiger partial charge in [-0.15, -0.1) is 0 Å². The predicted octanol–water partition coefficient (Wildman–Crippen LogP) is 1.16. The van der Waals surface area contributed by atoms with Gasteiger partial charge in [0.25, 0.3) is 5.56 Å². The van der Waals surface area contributed by atoms with Gasteiger partial charge in [-0.25, -0.2) is 9.97 Å². The van der Waals surface area contributed by atoms with Crippen LogP contribution in [0.2, 0.25) is 0 Å². The molecule has 0 aliphatic carbocycles. The number of carbonyl (C=O) groups is 1. The van der Waals surface area contributed by atoms with Crippen molar-refractivity contribution in [2.45, 2.75) is 19.4 Å². The van der Waals surface area contributed by atoms with Crippen LogP contribution < -0.4 is 10.5 Å². The number of hydrogen-bond acceptors (Lipinski definition) is 6. The number of rotatable bonds is 7. The number of hydrogen-bond donors (Lipinski definition) is 1. The van der Waals surface area contributed by atoms with Crippen molar-refractivity contribution in [1.82, 2.24) is 24.8 Å². The van der Waals surface area contributed by atoms with E-state index < -0.39 is 0 Å². The maximum absolute atomic E-state index is 12.4. The number of H-pyrrole nitrogens is 1. The van der Waals surface area contributed by atoms with Crippen molar-refractivity contribution in [2.24, 2.45) is 0 Å². The lowest BCUT2D eigenvalue weighted by Crippen LogP contribution is -2.60. The molecule has 8 nitrogen and oxygen atoms in total. The number of carbonyl (C=O) groups excluding carboxylic acids is 1. The van der Waals surface area contributed by atoms with E-state index in [9.17, 15) is 9.59 Å². The minimum Gasteiger partial charge on any atom is -0.364 e. The number of pyridine rings is 1. The van der Waals surface area contributed by atoms with Crippen molar-refractivity contribution in [1.29, 1.82) is 0 Å². The number of nitrogens with zero attached hydrogens (tertiary/aromatic N) is 5. The standard InChI is InChI=1S/C21H28N6O2/c1-5-16-10-18(24-14-23-16)15-9-19(21(29)22-11-15)26(4)17-12-27(13-17)20(28)7-6-8-25(2)3/h6-7,9-11,14,17H,5,8,12-13H2,1-4H3,(H,22,29)/b7-6+. The summed E-state index contributed by atoms with van der Waals surface area (Å²) in [6.45, 7) is 3.96. The summed E-state index contributed by atoms with van der Waals surface area (Å²) in [6.07, 6.45) is 7.51. The average molecular weight is 396 g/mol. The van der Waals surface area contributed by atoms with E-state index in [4.69, 9.17) is 0 Å². The molecule has 1 saturated heterocycles. The van der Waals surface area contributed by atoms with Crippen molar-refractivity contribution in [2.75, 3.05) is 45.7 Å². The lowest BCUT2D eigenvalue weighted by atomic mass is 10.1. The maximum atomic E-state index is 12.4. The Bertz CT molecular complexity index is 946. The zero-order valence-electron chi connectivity index (χ0n) is 17.4. The van der Waals surface area contributed by atoms with Crippen molar-refractivity contribution >= 4 is 11.6 Å². The molecule has 0 saturated carbocycles. The second-order valence-electron chi connectivity index (χ2n) is 7.52. The van der Waals surface area contributed by atoms with Crippen molar-refractivity contribution in [3.63, 3.8) is 0 Å². The molecule has 2 aromatic rings. The molecule has 0 atom stereocenters. The van der Waals surface area contributed by atoms with Gasteiger partial charge in [0.15, 0.2) is 0 Å². The van der Waals surface area contributed by atoms with Crippen LogP contribution in [-0.2, 0) is 11.2 Å². The molecule has 0 aromatic carbocycles. The van der Waals surface area contributed by atoms with E-state index in [1.54, 1.807) is 23.5 Å². The van der Waals surface area contributed by atoms with E-state index in [0.29, 0.717) is 18.8 Å². The molecule has 1 aliphatic rings. The van der Waals surface area contributed by atoms with E-state index in [0.717, 1.165) is 29.9 Å².